The molecule has 102 valence electrons. The van der Waals surface area contributed by atoms with Gasteiger partial charge in [0.25, 0.3) is 0 Å². The van der Waals surface area contributed by atoms with Gasteiger partial charge in [0.1, 0.15) is 12.6 Å². The van der Waals surface area contributed by atoms with Crippen molar-refractivity contribution < 1.29 is 23.9 Å². The Kier molecular flexibility index (Phi) is 7.10. The topological polar surface area (TPSA) is 118 Å². The van der Waals surface area contributed by atoms with Crippen LogP contribution in [0, 0.1) is 5.41 Å². The lowest BCUT2D eigenvalue weighted by atomic mass is 10.2. The lowest BCUT2D eigenvalue weighted by molar-refractivity contribution is -0.118. The predicted octanol–water partition coefficient (Wildman–Crippen LogP) is 0.0659. The minimum Gasteiger partial charge on any atom is -0.453 e. The fraction of sp³-hybridized carbons (Fsp3) is 0.600. The molecule has 8 nitrogen and oxygen atoms in total. The highest BCUT2D eigenvalue weighted by Gasteiger charge is 2.18. The van der Waals surface area contributed by atoms with Crippen LogP contribution in [0.4, 0.5) is 9.59 Å². The maximum Gasteiger partial charge on any atom is 0.408 e. The molecule has 0 saturated carbocycles. The van der Waals surface area contributed by atoms with E-state index in [2.05, 4.69) is 20.1 Å². The lowest BCUT2D eigenvalue weighted by Gasteiger charge is -2.15. The molecule has 0 bridgehead atoms. The van der Waals surface area contributed by atoms with E-state index in [0.29, 0.717) is 0 Å². The molecule has 2 amide bonds. The van der Waals surface area contributed by atoms with Gasteiger partial charge in [0.2, 0.25) is 0 Å². The summed E-state index contributed by atoms with van der Waals surface area (Å²) in [6.07, 6.45) is -1.53. The van der Waals surface area contributed by atoms with Crippen LogP contribution in [0.25, 0.3) is 0 Å². The van der Waals surface area contributed by atoms with Crippen LogP contribution in [0.3, 0.4) is 0 Å². The van der Waals surface area contributed by atoms with E-state index in [4.69, 9.17) is 5.41 Å². The van der Waals surface area contributed by atoms with Crippen molar-refractivity contribution >= 4 is 23.7 Å². The summed E-state index contributed by atoms with van der Waals surface area (Å²) in [5.74, 6) is -0.338. The summed E-state index contributed by atoms with van der Waals surface area (Å²) in [6, 6.07) is -0.900. The maximum atomic E-state index is 11.3. The zero-order valence-electron chi connectivity index (χ0n) is 10.5. The van der Waals surface area contributed by atoms with Gasteiger partial charge in [-0.2, -0.15) is 0 Å². The van der Waals surface area contributed by atoms with E-state index < -0.39 is 18.2 Å². The quantitative estimate of drug-likeness (QED) is 0.583. The second-order valence-corrected chi connectivity index (χ2v) is 3.54. The van der Waals surface area contributed by atoms with Crippen LogP contribution in [0.1, 0.15) is 13.8 Å². The predicted molar refractivity (Wildman–Crippen MR) is 62.8 cm³/mol. The summed E-state index contributed by atoms with van der Waals surface area (Å²) in [5.41, 5.74) is 0.178. The first-order valence-electron chi connectivity index (χ1n) is 5.16. The number of hydrogen-bond acceptors (Lipinski definition) is 6. The van der Waals surface area contributed by atoms with Crippen LogP contribution in [0.2, 0.25) is 0 Å². The standard InChI is InChI=1S/C10H17N3O5/c1-6(11)5-18-10(16)13-8(7(2)14)4-12-9(15)17-3/h8,11H,4-5H2,1-3H3,(H,12,15)(H,13,16). The van der Waals surface area contributed by atoms with Crippen LogP contribution < -0.4 is 10.6 Å². The number of rotatable bonds is 6. The third kappa shape index (κ3) is 7.20. The van der Waals surface area contributed by atoms with Crippen molar-refractivity contribution in [2.24, 2.45) is 0 Å². The molecule has 0 aromatic heterocycles. The average Bonchev–Trinajstić information content (AvgIpc) is 2.30. The number of Topliss-reactive ketones (excluding diaryl/α,β-unsaturated/α-hetero) is 1. The average molecular weight is 259 g/mol. The number of carbonyl (C=O) groups excluding carboxylic acids is 3. The largest absolute Gasteiger partial charge is 0.453 e. The van der Waals surface area contributed by atoms with Crippen molar-refractivity contribution in [2.75, 3.05) is 20.3 Å². The molecule has 0 aliphatic carbocycles. The molecule has 0 spiro atoms. The summed E-state index contributed by atoms with van der Waals surface area (Å²) >= 11 is 0. The van der Waals surface area contributed by atoms with E-state index in [1.807, 2.05) is 0 Å². The minimum atomic E-state index is -0.900. The molecule has 3 N–H and O–H groups in total. The van der Waals surface area contributed by atoms with Crippen molar-refractivity contribution in [1.82, 2.24) is 10.6 Å². The van der Waals surface area contributed by atoms with E-state index in [-0.39, 0.29) is 24.6 Å². The number of methoxy groups -OCH3 is 1. The third-order valence-electron chi connectivity index (χ3n) is 1.84. The monoisotopic (exact) mass is 259 g/mol. The summed E-state index contributed by atoms with van der Waals surface area (Å²) < 4.78 is 8.98. The first-order chi connectivity index (χ1) is 8.36. The molecule has 1 unspecified atom stereocenters. The van der Waals surface area contributed by atoms with E-state index in [1.165, 1.54) is 21.0 Å². The van der Waals surface area contributed by atoms with Gasteiger partial charge in [-0.15, -0.1) is 0 Å². The Labute approximate surface area is 105 Å². The number of hydrogen-bond donors (Lipinski definition) is 3. The number of carbonyl (C=O) groups is 3. The minimum absolute atomic E-state index is 0.0965. The van der Waals surface area contributed by atoms with Crippen molar-refractivity contribution in [3.05, 3.63) is 0 Å². The first kappa shape index (κ1) is 15.9. The number of ether oxygens (including phenoxy) is 2. The molecule has 0 aliphatic rings. The first-order valence-corrected chi connectivity index (χ1v) is 5.16. The molecule has 0 saturated heterocycles. The van der Waals surface area contributed by atoms with E-state index in [1.54, 1.807) is 0 Å². The molecule has 0 rings (SSSR count). The number of amides is 2. The van der Waals surface area contributed by atoms with Gasteiger partial charge in [0, 0.05) is 12.3 Å². The van der Waals surface area contributed by atoms with Crippen LogP contribution >= 0.6 is 0 Å². The van der Waals surface area contributed by atoms with Crippen LogP contribution in [0.5, 0.6) is 0 Å². The van der Waals surface area contributed by atoms with Gasteiger partial charge in [-0.25, -0.2) is 9.59 Å². The van der Waals surface area contributed by atoms with Gasteiger partial charge < -0.3 is 25.5 Å². The second kappa shape index (κ2) is 8.04. The lowest BCUT2D eigenvalue weighted by Crippen LogP contribution is -2.48. The molecule has 0 heterocycles. The van der Waals surface area contributed by atoms with Crippen molar-refractivity contribution in [3.63, 3.8) is 0 Å². The van der Waals surface area contributed by atoms with E-state index in [0.717, 1.165) is 0 Å². The van der Waals surface area contributed by atoms with Crippen molar-refractivity contribution in [1.29, 1.82) is 5.41 Å². The third-order valence-corrected chi connectivity index (χ3v) is 1.84. The zero-order chi connectivity index (χ0) is 14.1. The Morgan fingerprint density at radius 3 is 2.28 bits per heavy atom. The molecule has 1 atom stereocenters. The Morgan fingerprint density at radius 1 is 1.22 bits per heavy atom. The van der Waals surface area contributed by atoms with E-state index >= 15 is 0 Å². The molecule has 8 heteroatoms. The van der Waals surface area contributed by atoms with Gasteiger partial charge in [0.15, 0.2) is 5.78 Å². The van der Waals surface area contributed by atoms with E-state index in [9.17, 15) is 14.4 Å². The van der Waals surface area contributed by atoms with Gasteiger partial charge in [0.05, 0.1) is 7.11 Å². The van der Waals surface area contributed by atoms with Crippen LogP contribution in [-0.4, -0.2) is 50.0 Å². The molecule has 0 fully saturated rings. The number of ketones is 1. The van der Waals surface area contributed by atoms with Gasteiger partial charge in [-0.3, -0.25) is 4.79 Å². The van der Waals surface area contributed by atoms with Crippen molar-refractivity contribution in [2.45, 2.75) is 19.9 Å². The van der Waals surface area contributed by atoms with Gasteiger partial charge in [-0.1, -0.05) is 0 Å². The Morgan fingerprint density at radius 2 is 1.83 bits per heavy atom. The van der Waals surface area contributed by atoms with Gasteiger partial charge in [-0.05, 0) is 13.8 Å². The molecule has 0 aliphatic heterocycles. The van der Waals surface area contributed by atoms with Crippen LogP contribution in [-0.2, 0) is 14.3 Å². The maximum absolute atomic E-state index is 11.3. The summed E-state index contributed by atoms with van der Waals surface area (Å²) in [5, 5.41) is 11.6. The summed E-state index contributed by atoms with van der Waals surface area (Å²) in [4.78, 5) is 33.3. The zero-order valence-corrected chi connectivity index (χ0v) is 10.5. The fourth-order valence-electron chi connectivity index (χ4n) is 0.912. The molecule has 18 heavy (non-hydrogen) atoms. The highest BCUT2D eigenvalue weighted by atomic mass is 16.5. The number of nitrogens with one attached hydrogen (secondary N) is 3. The normalized spacial score (nSPS) is 11.1. The molecular weight excluding hydrogens is 242 g/mol. The molecule has 0 aromatic rings. The SMILES string of the molecule is COC(=O)NCC(NC(=O)OCC(C)=N)C(C)=O. The highest BCUT2D eigenvalue weighted by molar-refractivity contribution is 5.87. The van der Waals surface area contributed by atoms with Crippen LogP contribution in [0.15, 0.2) is 0 Å². The second-order valence-electron chi connectivity index (χ2n) is 3.54. The Bertz CT molecular complexity index is 342. The molecule has 0 radical (unpaired) electrons. The molecular formula is C10H17N3O5. The number of alkyl carbamates (subject to hydrolysis) is 2. The Balaban J connectivity index is 4.18. The Hall–Kier alpha value is -2.12. The summed E-state index contributed by atoms with van der Waals surface area (Å²) in [7, 11) is 1.19. The summed E-state index contributed by atoms with van der Waals surface area (Å²) in [6.45, 7) is 2.50. The smallest absolute Gasteiger partial charge is 0.408 e. The van der Waals surface area contributed by atoms with Crippen molar-refractivity contribution in [3.8, 4) is 0 Å². The molecule has 0 aromatic carbocycles. The fourth-order valence-corrected chi connectivity index (χ4v) is 0.912. The highest BCUT2D eigenvalue weighted by Crippen LogP contribution is 1.89. The van der Waals surface area contributed by atoms with Gasteiger partial charge >= 0.3 is 12.2 Å².